The zero-order chi connectivity index (χ0) is 10.8. The lowest BCUT2D eigenvalue weighted by Gasteiger charge is -2.05. The quantitative estimate of drug-likeness (QED) is 0.691. The molecule has 0 spiro atoms. The molecule has 0 N–H and O–H groups in total. The molecular weight excluding hydrogens is 309 g/mol. The highest BCUT2D eigenvalue weighted by molar-refractivity contribution is 14.1. The van der Waals surface area contributed by atoms with Crippen molar-refractivity contribution < 1.29 is 8.78 Å². The van der Waals surface area contributed by atoms with E-state index in [4.69, 9.17) is 0 Å². The van der Waals surface area contributed by atoms with Gasteiger partial charge in [0.15, 0.2) is 0 Å². The van der Waals surface area contributed by atoms with Gasteiger partial charge in [-0.25, -0.2) is 8.78 Å². The van der Waals surface area contributed by atoms with Crippen LogP contribution < -0.4 is 0 Å². The molecule has 0 unspecified atom stereocenters. The smallest absolute Gasteiger partial charge is 0.131 e. The maximum atomic E-state index is 13.5. The molecule has 0 saturated heterocycles. The zero-order valence-corrected chi connectivity index (χ0v) is 9.83. The lowest BCUT2D eigenvalue weighted by atomic mass is 10.1. The average molecular weight is 316 g/mol. The van der Waals surface area contributed by atoms with Crippen molar-refractivity contribution in [3.05, 3.63) is 57.7 Å². The van der Waals surface area contributed by atoms with Crippen LogP contribution in [0.25, 0.3) is 11.1 Å². The minimum absolute atomic E-state index is 0.332. The van der Waals surface area contributed by atoms with Crippen LogP contribution in [0, 0.1) is 15.2 Å². The molecule has 15 heavy (non-hydrogen) atoms. The van der Waals surface area contributed by atoms with E-state index in [2.05, 4.69) is 22.6 Å². The number of hydrogen-bond donors (Lipinski definition) is 0. The summed E-state index contributed by atoms with van der Waals surface area (Å²) in [5.74, 6) is -0.685. The lowest BCUT2D eigenvalue weighted by Crippen LogP contribution is -1.88. The van der Waals surface area contributed by atoms with Gasteiger partial charge in [-0.3, -0.25) is 0 Å². The van der Waals surface area contributed by atoms with E-state index in [9.17, 15) is 8.78 Å². The number of hydrogen-bond acceptors (Lipinski definition) is 0. The maximum absolute atomic E-state index is 13.5. The fraction of sp³-hybridized carbons (Fsp3) is 0. The Hall–Kier alpha value is -0.970. The van der Waals surface area contributed by atoms with Gasteiger partial charge >= 0.3 is 0 Å². The minimum atomic E-state index is -0.353. The van der Waals surface area contributed by atoms with E-state index in [1.54, 1.807) is 24.3 Å². The van der Waals surface area contributed by atoms with Crippen LogP contribution in [-0.2, 0) is 0 Å². The maximum Gasteiger partial charge on any atom is 0.131 e. The molecule has 2 rings (SSSR count). The summed E-state index contributed by atoms with van der Waals surface area (Å²) in [6.45, 7) is 0. The molecule has 0 aromatic heterocycles. The Morgan fingerprint density at radius 1 is 0.867 bits per heavy atom. The molecule has 0 saturated carbocycles. The van der Waals surface area contributed by atoms with Crippen LogP contribution in [0.15, 0.2) is 42.5 Å². The molecule has 0 bridgehead atoms. The SMILES string of the molecule is Fc1ccc(I)c(-c2ccccc2F)c1. The third-order valence-corrected chi connectivity index (χ3v) is 3.03. The Morgan fingerprint density at radius 3 is 2.33 bits per heavy atom. The molecule has 0 radical (unpaired) electrons. The number of rotatable bonds is 1. The molecule has 0 aliphatic heterocycles. The standard InChI is InChI=1S/C12H7F2I/c13-8-5-6-12(15)10(7-8)9-3-1-2-4-11(9)14/h1-7H. The van der Waals surface area contributed by atoms with Crippen LogP contribution in [0.3, 0.4) is 0 Å². The second-order valence-electron chi connectivity index (χ2n) is 3.10. The van der Waals surface area contributed by atoms with Gasteiger partial charge in [-0.1, -0.05) is 18.2 Å². The Bertz CT molecular complexity index is 495. The van der Waals surface area contributed by atoms with Crippen molar-refractivity contribution in [3.63, 3.8) is 0 Å². The van der Waals surface area contributed by atoms with Crippen LogP contribution in [0.4, 0.5) is 8.78 Å². The van der Waals surface area contributed by atoms with Crippen molar-refractivity contribution in [1.29, 1.82) is 0 Å². The van der Waals surface area contributed by atoms with Crippen LogP contribution in [0.5, 0.6) is 0 Å². The van der Waals surface area contributed by atoms with Crippen molar-refractivity contribution in [2.45, 2.75) is 0 Å². The van der Waals surface area contributed by atoms with Gasteiger partial charge in [0.25, 0.3) is 0 Å². The largest absolute Gasteiger partial charge is 0.207 e. The van der Waals surface area contributed by atoms with E-state index < -0.39 is 0 Å². The normalized spacial score (nSPS) is 10.3. The van der Waals surface area contributed by atoms with E-state index in [0.29, 0.717) is 11.1 Å². The van der Waals surface area contributed by atoms with Crippen LogP contribution in [-0.4, -0.2) is 0 Å². The Labute approximate surface area is 100 Å². The molecule has 0 amide bonds. The second-order valence-corrected chi connectivity index (χ2v) is 4.27. The first-order valence-electron chi connectivity index (χ1n) is 4.38. The molecule has 0 heterocycles. The van der Waals surface area contributed by atoms with Crippen molar-refractivity contribution in [2.75, 3.05) is 0 Å². The van der Waals surface area contributed by atoms with E-state index in [1.807, 2.05) is 0 Å². The third kappa shape index (κ3) is 2.17. The van der Waals surface area contributed by atoms with Crippen molar-refractivity contribution in [2.24, 2.45) is 0 Å². The highest BCUT2D eigenvalue weighted by atomic mass is 127. The number of benzene rings is 2. The molecule has 76 valence electrons. The van der Waals surface area contributed by atoms with Crippen LogP contribution in [0.1, 0.15) is 0 Å². The van der Waals surface area contributed by atoms with Gasteiger partial charge in [-0.2, -0.15) is 0 Å². The summed E-state index contributed by atoms with van der Waals surface area (Å²) in [5.41, 5.74) is 1.02. The summed E-state index contributed by atoms with van der Waals surface area (Å²) >= 11 is 2.06. The van der Waals surface area contributed by atoms with Crippen LogP contribution in [0.2, 0.25) is 0 Å². The average Bonchev–Trinajstić information content (AvgIpc) is 2.23. The van der Waals surface area contributed by atoms with Gasteiger partial charge < -0.3 is 0 Å². The van der Waals surface area contributed by atoms with E-state index in [1.165, 1.54) is 18.2 Å². The first-order chi connectivity index (χ1) is 7.18. The third-order valence-electron chi connectivity index (χ3n) is 2.09. The fourth-order valence-corrected chi connectivity index (χ4v) is 2.01. The van der Waals surface area contributed by atoms with E-state index >= 15 is 0 Å². The minimum Gasteiger partial charge on any atom is -0.207 e. The van der Waals surface area contributed by atoms with Gasteiger partial charge in [-0.15, -0.1) is 0 Å². The molecule has 0 nitrogen and oxygen atoms in total. The Kier molecular flexibility index (Phi) is 3.00. The zero-order valence-electron chi connectivity index (χ0n) is 7.68. The summed E-state index contributed by atoms with van der Waals surface area (Å²) < 4.78 is 27.3. The first kappa shape index (κ1) is 10.5. The van der Waals surface area contributed by atoms with Crippen molar-refractivity contribution in [3.8, 4) is 11.1 Å². The van der Waals surface area contributed by atoms with Gasteiger partial charge in [0.1, 0.15) is 11.6 Å². The molecule has 0 aliphatic carbocycles. The summed E-state index contributed by atoms with van der Waals surface area (Å²) in [6, 6.07) is 10.7. The summed E-state index contributed by atoms with van der Waals surface area (Å²) in [4.78, 5) is 0. The molecule has 0 fully saturated rings. The number of halogens is 3. The predicted molar refractivity (Wildman–Crippen MR) is 64.5 cm³/mol. The van der Waals surface area contributed by atoms with Gasteiger partial charge in [-0.05, 0) is 46.9 Å². The van der Waals surface area contributed by atoms with Gasteiger partial charge in [0.05, 0.1) is 0 Å². The molecule has 0 aliphatic rings. The van der Waals surface area contributed by atoms with Crippen molar-refractivity contribution in [1.82, 2.24) is 0 Å². The fourth-order valence-electron chi connectivity index (χ4n) is 1.38. The van der Waals surface area contributed by atoms with E-state index in [0.717, 1.165) is 3.57 Å². The van der Waals surface area contributed by atoms with E-state index in [-0.39, 0.29) is 11.6 Å². The molecule has 3 heteroatoms. The monoisotopic (exact) mass is 316 g/mol. The Balaban J connectivity index is 2.64. The molecular formula is C12H7F2I. The molecule has 0 atom stereocenters. The molecule has 2 aromatic carbocycles. The highest BCUT2D eigenvalue weighted by Gasteiger charge is 2.08. The summed E-state index contributed by atoms with van der Waals surface area (Å²) in [6.07, 6.45) is 0. The first-order valence-corrected chi connectivity index (χ1v) is 5.46. The van der Waals surface area contributed by atoms with Crippen LogP contribution >= 0.6 is 22.6 Å². The summed E-state index contributed by atoms with van der Waals surface area (Å²) in [7, 11) is 0. The molecule has 2 aromatic rings. The van der Waals surface area contributed by atoms with Crippen molar-refractivity contribution >= 4 is 22.6 Å². The highest BCUT2D eigenvalue weighted by Crippen LogP contribution is 2.27. The lowest BCUT2D eigenvalue weighted by molar-refractivity contribution is 0.624. The predicted octanol–water partition coefficient (Wildman–Crippen LogP) is 4.24. The summed E-state index contributed by atoms with van der Waals surface area (Å²) in [5, 5.41) is 0. The van der Waals surface area contributed by atoms with Gasteiger partial charge in [0.2, 0.25) is 0 Å². The second kappa shape index (κ2) is 4.26. The van der Waals surface area contributed by atoms with Gasteiger partial charge in [0, 0.05) is 14.7 Å². The Morgan fingerprint density at radius 2 is 1.60 bits per heavy atom. The topological polar surface area (TPSA) is 0 Å².